The van der Waals surface area contributed by atoms with Crippen LogP contribution in [0.4, 0.5) is 5.69 Å². The van der Waals surface area contributed by atoms with Gasteiger partial charge in [-0.05, 0) is 36.4 Å². The number of nitriles is 1. The van der Waals surface area contributed by atoms with Crippen LogP contribution in [0.5, 0.6) is 0 Å². The molecule has 0 heterocycles. The molecule has 0 radical (unpaired) electrons. The largest absolute Gasteiger partial charge is 0.399 e. The van der Waals surface area contributed by atoms with Crippen molar-refractivity contribution in [1.82, 2.24) is 0 Å². The Bertz CT molecular complexity index is 622. The molecule has 0 spiro atoms. The average molecular weight is 218 g/mol. The van der Waals surface area contributed by atoms with E-state index in [9.17, 15) is 0 Å². The lowest BCUT2D eigenvalue weighted by Gasteiger charge is -1.94. The summed E-state index contributed by atoms with van der Waals surface area (Å²) >= 11 is 0. The topological polar surface area (TPSA) is 49.8 Å². The van der Waals surface area contributed by atoms with Crippen LogP contribution < -0.4 is 5.73 Å². The van der Waals surface area contributed by atoms with E-state index in [1.807, 2.05) is 30.3 Å². The van der Waals surface area contributed by atoms with Crippen LogP contribution in [0.25, 0.3) is 0 Å². The maximum Gasteiger partial charge on any atom is 0.100 e. The summed E-state index contributed by atoms with van der Waals surface area (Å²) in [5.41, 5.74) is 8.52. The minimum absolute atomic E-state index is 0.593. The highest BCUT2D eigenvalue weighted by Crippen LogP contribution is 2.07. The van der Waals surface area contributed by atoms with Crippen molar-refractivity contribution in [2.45, 2.75) is 0 Å². The van der Waals surface area contributed by atoms with E-state index < -0.39 is 0 Å². The number of nitrogens with two attached hydrogens (primary N) is 1. The predicted octanol–water partition coefficient (Wildman–Crippen LogP) is 2.54. The molecule has 0 unspecified atom stereocenters. The summed E-state index contributed by atoms with van der Waals surface area (Å²) in [6.45, 7) is 0. The molecule has 0 fully saturated rings. The molecular formula is C15H10N2. The van der Waals surface area contributed by atoms with Crippen LogP contribution in [-0.4, -0.2) is 0 Å². The molecule has 0 aromatic heterocycles. The van der Waals surface area contributed by atoms with Gasteiger partial charge in [0.25, 0.3) is 0 Å². The first-order valence-electron chi connectivity index (χ1n) is 5.16. The molecule has 0 saturated heterocycles. The molecule has 0 aliphatic carbocycles. The molecule has 0 amide bonds. The molecule has 80 valence electrons. The average Bonchev–Trinajstić information content (AvgIpc) is 2.38. The number of nitrogens with zero attached hydrogens (tertiary/aromatic N) is 1. The van der Waals surface area contributed by atoms with Crippen LogP contribution in [0, 0.1) is 23.2 Å². The zero-order valence-electron chi connectivity index (χ0n) is 9.14. The van der Waals surface area contributed by atoms with Gasteiger partial charge in [-0.1, -0.05) is 24.0 Å². The van der Waals surface area contributed by atoms with E-state index in [1.165, 1.54) is 0 Å². The second-order valence-electron chi connectivity index (χ2n) is 3.53. The second kappa shape index (κ2) is 4.88. The smallest absolute Gasteiger partial charge is 0.100 e. The Morgan fingerprint density at radius 2 is 1.47 bits per heavy atom. The van der Waals surface area contributed by atoms with Crippen molar-refractivity contribution >= 4 is 5.69 Å². The van der Waals surface area contributed by atoms with Gasteiger partial charge < -0.3 is 5.73 Å². The number of benzene rings is 2. The van der Waals surface area contributed by atoms with Crippen LogP contribution >= 0.6 is 0 Å². The fraction of sp³-hybridized carbons (Fsp3) is 0. The van der Waals surface area contributed by atoms with Gasteiger partial charge in [-0.2, -0.15) is 5.26 Å². The fourth-order valence-corrected chi connectivity index (χ4v) is 1.40. The fourth-order valence-electron chi connectivity index (χ4n) is 1.40. The van der Waals surface area contributed by atoms with E-state index in [0.29, 0.717) is 11.3 Å². The van der Waals surface area contributed by atoms with E-state index >= 15 is 0 Å². The Morgan fingerprint density at radius 1 is 0.824 bits per heavy atom. The summed E-state index contributed by atoms with van der Waals surface area (Å²) in [6, 6.07) is 16.7. The highest BCUT2D eigenvalue weighted by Gasteiger charge is 1.95. The summed E-state index contributed by atoms with van der Waals surface area (Å²) in [4.78, 5) is 0. The van der Waals surface area contributed by atoms with E-state index in [0.717, 1.165) is 11.1 Å². The van der Waals surface area contributed by atoms with Crippen molar-refractivity contribution < 1.29 is 0 Å². The molecular weight excluding hydrogens is 208 g/mol. The van der Waals surface area contributed by atoms with Crippen molar-refractivity contribution in [2.24, 2.45) is 0 Å². The van der Waals surface area contributed by atoms with Crippen LogP contribution in [0.15, 0.2) is 48.5 Å². The first kappa shape index (κ1) is 10.8. The first-order chi connectivity index (χ1) is 8.29. The highest BCUT2D eigenvalue weighted by atomic mass is 14.5. The van der Waals surface area contributed by atoms with Gasteiger partial charge in [0.1, 0.15) is 6.07 Å². The summed E-state index contributed by atoms with van der Waals surface area (Å²) in [5, 5.41) is 8.92. The SMILES string of the molecule is N#Cc1ccccc1C#Cc1ccc(N)cc1. The third-order valence-corrected chi connectivity index (χ3v) is 2.30. The Morgan fingerprint density at radius 3 is 2.12 bits per heavy atom. The third kappa shape index (κ3) is 2.65. The second-order valence-corrected chi connectivity index (χ2v) is 3.53. The lowest BCUT2D eigenvalue weighted by Crippen LogP contribution is -1.84. The molecule has 0 aliphatic heterocycles. The molecule has 17 heavy (non-hydrogen) atoms. The lowest BCUT2D eigenvalue weighted by molar-refractivity contribution is 1.47. The monoisotopic (exact) mass is 218 g/mol. The van der Waals surface area contributed by atoms with Gasteiger partial charge in [0.2, 0.25) is 0 Å². The number of rotatable bonds is 0. The van der Waals surface area contributed by atoms with Gasteiger partial charge in [-0.25, -0.2) is 0 Å². The molecule has 2 aromatic carbocycles. The normalized spacial score (nSPS) is 8.88. The summed E-state index contributed by atoms with van der Waals surface area (Å²) < 4.78 is 0. The van der Waals surface area contributed by atoms with Crippen molar-refractivity contribution in [2.75, 3.05) is 5.73 Å². The predicted molar refractivity (Wildman–Crippen MR) is 68.0 cm³/mol. The summed E-state index contributed by atoms with van der Waals surface area (Å²) in [5.74, 6) is 5.99. The van der Waals surface area contributed by atoms with Crippen molar-refractivity contribution in [3.63, 3.8) is 0 Å². The summed E-state index contributed by atoms with van der Waals surface area (Å²) in [6.07, 6.45) is 0. The lowest BCUT2D eigenvalue weighted by atomic mass is 10.1. The summed E-state index contributed by atoms with van der Waals surface area (Å²) in [7, 11) is 0. The Hall–Kier alpha value is -2.71. The first-order valence-corrected chi connectivity index (χ1v) is 5.16. The number of hydrogen-bond donors (Lipinski definition) is 1. The molecule has 2 nitrogen and oxygen atoms in total. The Balaban J connectivity index is 2.33. The van der Waals surface area contributed by atoms with Gasteiger partial charge in [-0.15, -0.1) is 0 Å². The molecule has 2 aromatic rings. The van der Waals surface area contributed by atoms with Gasteiger partial charge in [0.05, 0.1) is 5.56 Å². The quantitative estimate of drug-likeness (QED) is 0.545. The van der Waals surface area contributed by atoms with Crippen LogP contribution in [0.1, 0.15) is 16.7 Å². The third-order valence-electron chi connectivity index (χ3n) is 2.30. The molecule has 0 bridgehead atoms. The molecule has 2 rings (SSSR count). The molecule has 0 saturated carbocycles. The van der Waals surface area contributed by atoms with Gasteiger partial charge >= 0.3 is 0 Å². The van der Waals surface area contributed by atoms with E-state index in [4.69, 9.17) is 11.0 Å². The Kier molecular flexibility index (Phi) is 3.10. The minimum atomic E-state index is 0.593. The number of anilines is 1. The van der Waals surface area contributed by atoms with Crippen molar-refractivity contribution in [3.05, 3.63) is 65.2 Å². The molecule has 0 atom stereocenters. The zero-order chi connectivity index (χ0) is 12.1. The van der Waals surface area contributed by atoms with Gasteiger partial charge in [-0.3, -0.25) is 0 Å². The zero-order valence-corrected chi connectivity index (χ0v) is 9.14. The number of nitrogen functional groups attached to an aromatic ring is 1. The maximum absolute atomic E-state index is 8.92. The van der Waals surface area contributed by atoms with Crippen molar-refractivity contribution in [1.29, 1.82) is 5.26 Å². The van der Waals surface area contributed by atoms with Gasteiger partial charge in [0.15, 0.2) is 0 Å². The molecule has 2 heteroatoms. The number of hydrogen-bond acceptors (Lipinski definition) is 2. The van der Waals surface area contributed by atoms with Gasteiger partial charge in [0, 0.05) is 16.8 Å². The molecule has 2 N–H and O–H groups in total. The van der Waals surface area contributed by atoms with E-state index in [2.05, 4.69) is 17.9 Å². The van der Waals surface area contributed by atoms with E-state index in [1.54, 1.807) is 18.2 Å². The van der Waals surface area contributed by atoms with E-state index in [-0.39, 0.29) is 0 Å². The molecule has 0 aliphatic rings. The maximum atomic E-state index is 8.92. The highest BCUT2D eigenvalue weighted by molar-refractivity contribution is 5.52. The van der Waals surface area contributed by atoms with Crippen LogP contribution in [0.2, 0.25) is 0 Å². The standard InChI is InChI=1S/C15H10N2/c16-11-14-4-2-1-3-13(14)8-5-12-6-9-15(17)10-7-12/h1-4,6-7,9-10H,17H2. The minimum Gasteiger partial charge on any atom is -0.399 e. The Labute approximate surface area is 100 Å². The van der Waals surface area contributed by atoms with Crippen LogP contribution in [0.3, 0.4) is 0 Å². The van der Waals surface area contributed by atoms with Crippen molar-refractivity contribution in [3.8, 4) is 17.9 Å². The van der Waals surface area contributed by atoms with Crippen LogP contribution in [-0.2, 0) is 0 Å².